The topological polar surface area (TPSA) is 40.6 Å². The van der Waals surface area contributed by atoms with Crippen LogP contribution in [0, 0.1) is 41.5 Å². The SMILES string of the molecule is Cc1ccccc1CN1CCN(S(=O)(=O)c2c(C)c(C)c(C)c(C)c2C)CC1. The molecule has 0 aromatic heterocycles. The standard InChI is InChI=1S/C23H32N2O2S/c1-16-9-7-8-10-22(16)15-24-11-13-25(14-12-24)28(26,27)23-20(5)18(3)17(2)19(4)21(23)6/h7-10H,11-15H2,1-6H3. The maximum atomic E-state index is 13.5. The van der Waals surface area contributed by atoms with Gasteiger partial charge in [-0.25, -0.2) is 8.42 Å². The average molecular weight is 401 g/mol. The molecule has 5 heteroatoms. The van der Waals surface area contributed by atoms with E-state index in [1.165, 1.54) is 16.7 Å². The third-order valence-electron chi connectivity index (χ3n) is 6.52. The van der Waals surface area contributed by atoms with Crippen LogP contribution in [0.3, 0.4) is 0 Å². The monoisotopic (exact) mass is 400 g/mol. The molecule has 4 nitrogen and oxygen atoms in total. The number of aryl methyl sites for hydroxylation is 1. The molecule has 0 saturated carbocycles. The summed E-state index contributed by atoms with van der Waals surface area (Å²) < 4.78 is 28.6. The molecule has 0 N–H and O–H groups in total. The molecule has 3 rings (SSSR count). The fourth-order valence-corrected chi connectivity index (χ4v) is 6.12. The summed E-state index contributed by atoms with van der Waals surface area (Å²) in [4.78, 5) is 2.86. The van der Waals surface area contributed by atoms with Gasteiger partial charge in [-0.15, -0.1) is 0 Å². The highest BCUT2D eigenvalue weighted by molar-refractivity contribution is 7.89. The van der Waals surface area contributed by atoms with E-state index in [1.807, 2.05) is 27.7 Å². The summed E-state index contributed by atoms with van der Waals surface area (Å²) in [5.74, 6) is 0. The predicted molar refractivity (Wildman–Crippen MR) is 115 cm³/mol. The van der Waals surface area contributed by atoms with E-state index in [0.717, 1.165) is 41.9 Å². The van der Waals surface area contributed by atoms with E-state index in [9.17, 15) is 8.42 Å². The zero-order valence-corrected chi connectivity index (χ0v) is 18.8. The number of nitrogens with zero attached hydrogens (tertiary/aromatic N) is 2. The van der Waals surface area contributed by atoms with Crippen LogP contribution in [0.2, 0.25) is 0 Å². The van der Waals surface area contributed by atoms with Crippen LogP contribution in [0.15, 0.2) is 29.2 Å². The highest BCUT2D eigenvalue weighted by Gasteiger charge is 2.32. The van der Waals surface area contributed by atoms with Crippen LogP contribution >= 0.6 is 0 Å². The molecule has 1 heterocycles. The van der Waals surface area contributed by atoms with Gasteiger partial charge >= 0.3 is 0 Å². The van der Waals surface area contributed by atoms with Gasteiger partial charge in [-0.3, -0.25) is 4.90 Å². The number of rotatable bonds is 4. The summed E-state index contributed by atoms with van der Waals surface area (Å²) in [6.45, 7) is 15.6. The maximum absolute atomic E-state index is 13.5. The third kappa shape index (κ3) is 3.76. The molecular formula is C23H32N2O2S. The van der Waals surface area contributed by atoms with Gasteiger partial charge in [0.15, 0.2) is 0 Å². The van der Waals surface area contributed by atoms with E-state index in [4.69, 9.17) is 0 Å². The van der Waals surface area contributed by atoms with Crippen molar-refractivity contribution in [2.45, 2.75) is 53.0 Å². The van der Waals surface area contributed by atoms with Gasteiger partial charge in [-0.05, 0) is 80.5 Å². The van der Waals surface area contributed by atoms with Gasteiger partial charge < -0.3 is 0 Å². The van der Waals surface area contributed by atoms with Gasteiger partial charge in [0, 0.05) is 32.7 Å². The summed E-state index contributed by atoms with van der Waals surface area (Å²) >= 11 is 0. The Bertz CT molecular complexity index is 959. The first-order valence-corrected chi connectivity index (χ1v) is 11.4. The van der Waals surface area contributed by atoms with Gasteiger partial charge in [-0.2, -0.15) is 4.31 Å². The van der Waals surface area contributed by atoms with E-state index >= 15 is 0 Å². The van der Waals surface area contributed by atoms with Crippen LogP contribution in [0.5, 0.6) is 0 Å². The molecule has 2 aromatic rings. The summed E-state index contributed by atoms with van der Waals surface area (Å²) in [5, 5.41) is 0. The Balaban J connectivity index is 1.80. The van der Waals surface area contributed by atoms with Crippen molar-refractivity contribution in [3.63, 3.8) is 0 Å². The Morgan fingerprint density at radius 3 is 1.79 bits per heavy atom. The largest absolute Gasteiger partial charge is 0.296 e. The Hall–Kier alpha value is -1.69. The molecule has 28 heavy (non-hydrogen) atoms. The predicted octanol–water partition coefficient (Wildman–Crippen LogP) is 4.04. The molecule has 0 aliphatic carbocycles. The molecule has 0 unspecified atom stereocenters. The lowest BCUT2D eigenvalue weighted by atomic mass is 9.95. The van der Waals surface area contributed by atoms with Crippen molar-refractivity contribution in [2.24, 2.45) is 0 Å². The van der Waals surface area contributed by atoms with Crippen LogP contribution in [0.25, 0.3) is 0 Å². The lowest BCUT2D eigenvalue weighted by molar-refractivity contribution is 0.181. The number of hydrogen-bond acceptors (Lipinski definition) is 3. The lowest BCUT2D eigenvalue weighted by Gasteiger charge is -2.35. The molecule has 0 atom stereocenters. The molecule has 0 amide bonds. The molecule has 1 aliphatic rings. The quantitative estimate of drug-likeness (QED) is 0.778. The van der Waals surface area contributed by atoms with Gasteiger partial charge in [0.2, 0.25) is 10.0 Å². The third-order valence-corrected chi connectivity index (χ3v) is 8.69. The molecule has 0 radical (unpaired) electrons. The first-order chi connectivity index (χ1) is 13.1. The van der Waals surface area contributed by atoms with Crippen molar-refractivity contribution in [1.29, 1.82) is 0 Å². The highest BCUT2D eigenvalue weighted by atomic mass is 32.2. The van der Waals surface area contributed by atoms with Crippen molar-refractivity contribution >= 4 is 10.0 Å². The van der Waals surface area contributed by atoms with E-state index in [-0.39, 0.29) is 0 Å². The molecule has 2 aromatic carbocycles. The van der Waals surface area contributed by atoms with Crippen LogP contribution < -0.4 is 0 Å². The Labute approximate surface area is 170 Å². The smallest absolute Gasteiger partial charge is 0.243 e. The first-order valence-electron chi connectivity index (χ1n) is 9.98. The minimum absolute atomic E-state index is 0.514. The molecule has 0 spiro atoms. The van der Waals surface area contributed by atoms with Crippen molar-refractivity contribution in [3.8, 4) is 0 Å². The molecule has 1 fully saturated rings. The minimum atomic E-state index is -3.48. The summed E-state index contributed by atoms with van der Waals surface area (Å²) in [5.41, 5.74) is 7.74. The van der Waals surface area contributed by atoms with Crippen molar-refractivity contribution < 1.29 is 8.42 Å². The Morgan fingerprint density at radius 1 is 0.750 bits per heavy atom. The first kappa shape index (κ1) is 21.0. The van der Waals surface area contributed by atoms with Gasteiger partial charge in [0.1, 0.15) is 0 Å². The minimum Gasteiger partial charge on any atom is -0.296 e. The van der Waals surface area contributed by atoms with Crippen LogP contribution in [-0.4, -0.2) is 43.8 Å². The van der Waals surface area contributed by atoms with Crippen molar-refractivity contribution in [1.82, 2.24) is 9.21 Å². The van der Waals surface area contributed by atoms with E-state index < -0.39 is 10.0 Å². The Morgan fingerprint density at radius 2 is 1.25 bits per heavy atom. The van der Waals surface area contributed by atoms with E-state index in [2.05, 4.69) is 43.0 Å². The van der Waals surface area contributed by atoms with Gasteiger partial charge in [0.05, 0.1) is 4.90 Å². The second-order valence-electron chi connectivity index (χ2n) is 8.06. The summed E-state index contributed by atoms with van der Waals surface area (Å²) in [6.07, 6.45) is 0. The van der Waals surface area contributed by atoms with E-state index in [1.54, 1.807) is 4.31 Å². The van der Waals surface area contributed by atoms with Crippen LogP contribution in [-0.2, 0) is 16.6 Å². The Kier molecular flexibility index (Phi) is 5.99. The van der Waals surface area contributed by atoms with Crippen molar-refractivity contribution in [2.75, 3.05) is 26.2 Å². The van der Waals surface area contributed by atoms with Crippen LogP contribution in [0.1, 0.15) is 38.9 Å². The molecule has 152 valence electrons. The molecule has 0 bridgehead atoms. The number of hydrogen-bond donors (Lipinski definition) is 0. The number of piperazine rings is 1. The fraction of sp³-hybridized carbons (Fsp3) is 0.478. The van der Waals surface area contributed by atoms with Crippen LogP contribution in [0.4, 0.5) is 0 Å². The fourth-order valence-electron chi connectivity index (χ4n) is 4.14. The number of sulfonamides is 1. The molecule has 1 aliphatic heterocycles. The van der Waals surface area contributed by atoms with Crippen molar-refractivity contribution in [3.05, 3.63) is 63.2 Å². The second kappa shape index (κ2) is 7.97. The van der Waals surface area contributed by atoms with Gasteiger partial charge in [-0.1, -0.05) is 24.3 Å². The molecular weight excluding hydrogens is 368 g/mol. The maximum Gasteiger partial charge on any atom is 0.243 e. The van der Waals surface area contributed by atoms with E-state index in [0.29, 0.717) is 18.0 Å². The zero-order chi connectivity index (χ0) is 20.6. The normalized spacial score (nSPS) is 16.5. The zero-order valence-electron chi connectivity index (χ0n) is 18.0. The average Bonchev–Trinajstić information content (AvgIpc) is 2.67. The summed E-state index contributed by atoms with van der Waals surface area (Å²) in [6, 6.07) is 8.41. The van der Waals surface area contributed by atoms with Gasteiger partial charge in [0.25, 0.3) is 0 Å². The lowest BCUT2D eigenvalue weighted by Crippen LogP contribution is -2.48. The number of benzene rings is 2. The highest BCUT2D eigenvalue weighted by Crippen LogP contribution is 2.32. The second-order valence-corrected chi connectivity index (χ2v) is 9.94. The summed E-state index contributed by atoms with van der Waals surface area (Å²) in [7, 11) is -3.48. The molecule has 1 saturated heterocycles.